The van der Waals surface area contributed by atoms with Crippen LogP contribution in [-0.4, -0.2) is 15.5 Å². The zero-order chi connectivity index (χ0) is 16.0. The van der Waals surface area contributed by atoms with E-state index < -0.39 is 0 Å². The fourth-order valence-corrected chi connectivity index (χ4v) is 3.81. The Hall–Kier alpha value is -2.42. The topological polar surface area (TPSA) is 34.9 Å². The van der Waals surface area contributed by atoms with Gasteiger partial charge >= 0.3 is 0 Å². The first kappa shape index (κ1) is 14.2. The number of fused-ring (bicyclic) bond motifs is 3. The average molecular weight is 304 g/mol. The third-order valence-corrected chi connectivity index (χ3v) is 5.13. The summed E-state index contributed by atoms with van der Waals surface area (Å²) in [5.74, 6) is 0.277. The van der Waals surface area contributed by atoms with Gasteiger partial charge in [0, 0.05) is 28.9 Å². The summed E-state index contributed by atoms with van der Waals surface area (Å²) >= 11 is 0. The minimum Gasteiger partial charge on any atom is -0.284 e. The van der Waals surface area contributed by atoms with Crippen molar-refractivity contribution in [2.75, 3.05) is 0 Å². The van der Waals surface area contributed by atoms with Crippen LogP contribution in [0.4, 0.5) is 0 Å². The van der Waals surface area contributed by atoms with Gasteiger partial charge in [-0.15, -0.1) is 0 Å². The molecule has 0 spiro atoms. The van der Waals surface area contributed by atoms with Gasteiger partial charge in [-0.3, -0.25) is 14.3 Å². The molecule has 0 fully saturated rings. The molecule has 3 heteroatoms. The second-order valence-corrected chi connectivity index (χ2v) is 6.45. The summed E-state index contributed by atoms with van der Waals surface area (Å²) in [7, 11) is 0. The lowest BCUT2D eigenvalue weighted by atomic mass is 9.89. The van der Waals surface area contributed by atoms with Crippen molar-refractivity contribution >= 4 is 16.8 Å². The molecule has 3 aromatic rings. The summed E-state index contributed by atoms with van der Waals surface area (Å²) in [6.07, 6.45) is 4.48. The Morgan fingerprint density at radius 1 is 1.17 bits per heavy atom. The van der Waals surface area contributed by atoms with Crippen LogP contribution in [0.25, 0.3) is 10.9 Å². The lowest BCUT2D eigenvalue weighted by molar-refractivity contribution is 0.0809. The number of carbonyl (C=O) groups is 1. The van der Waals surface area contributed by atoms with E-state index in [0.29, 0.717) is 0 Å². The first-order valence-electron chi connectivity index (χ1n) is 8.20. The predicted molar refractivity (Wildman–Crippen MR) is 91.8 cm³/mol. The van der Waals surface area contributed by atoms with Crippen molar-refractivity contribution in [3.8, 4) is 0 Å². The molecule has 2 aromatic heterocycles. The highest BCUT2D eigenvalue weighted by Gasteiger charge is 2.30. The van der Waals surface area contributed by atoms with Gasteiger partial charge in [0.25, 0.3) is 0 Å². The molecular formula is C20H20N2O. The summed E-state index contributed by atoms with van der Waals surface area (Å²) in [6, 6.07) is 12.3. The number of para-hydroxylation sites is 1. The molecule has 23 heavy (non-hydrogen) atoms. The maximum absolute atomic E-state index is 13.1. The van der Waals surface area contributed by atoms with Crippen LogP contribution in [0.3, 0.4) is 0 Å². The van der Waals surface area contributed by atoms with Crippen LogP contribution < -0.4 is 0 Å². The highest BCUT2D eigenvalue weighted by atomic mass is 16.2. The molecule has 0 bridgehead atoms. The van der Waals surface area contributed by atoms with E-state index in [9.17, 15) is 4.79 Å². The van der Waals surface area contributed by atoms with E-state index in [1.165, 1.54) is 22.2 Å². The van der Waals surface area contributed by atoms with E-state index in [0.717, 1.165) is 30.5 Å². The maximum Gasteiger partial charge on any atom is 0.234 e. The number of pyridine rings is 1. The van der Waals surface area contributed by atoms with Crippen LogP contribution >= 0.6 is 0 Å². The van der Waals surface area contributed by atoms with Gasteiger partial charge in [0.05, 0.1) is 5.52 Å². The minimum absolute atomic E-state index is 0.0422. The number of benzene rings is 1. The van der Waals surface area contributed by atoms with Crippen molar-refractivity contribution in [1.29, 1.82) is 0 Å². The second kappa shape index (κ2) is 5.34. The summed E-state index contributed by atoms with van der Waals surface area (Å²) in [5, 5.41) is 1.20. The molecule has 1 atom stereocenters. The monoisotopic (exact) mass is 304 g/mol. The molecule has 1 aromatic carbocycles. The van der Waals surface area contributed by atoms with Crippen molar-refractivity contribution in [3.63, 3.8) is 0 Å². The smallest absolute Gasteiger partial charge is 0.234 e. The van der Waals surface area contributed by atoms with Gasteiger partial charge in [0.1, 0.15) is 0 Å². The van der Waals surface area contributed by atoms with E-state index in [-0.39, 0.29) is 11.8 Å². The SMILES string of the molecule is Cc1ncccc1CC1CCc2c(C)c3ccccc3n2C1=O. The van der Waals surface area contributed by atoms with Crippen molar-refractivity contribution in [1.82, 2.24) is 9.55 Å². The van der Waals surface area contributed by atoms with Gasteiger partial charge < -0.3 is 0 Å². The molecular weight excluding hydrogens is 284 g/mol. The summed E-state index contributed by atoms with van der Waals surface area (Å²) < 4.78 is 1.96. The number of hydrogen-bond donors (Lipinski definition) is 0. The molecule has 0 aliphatic carbocycles. The van der Waals surface area contributed by atoms with E-state index in [4.69, 9.17) is 0 Å². The largest absolute Gasteiger partial charge is 0.284 e. The Kier molecular flexibility index (Phi) is 3.29. The third kappa shape index (κ3) is 2.19. The molecule has 3 heterocycles. The summed E-state index contributed by atoms with van der Waals surface area (Å²) in [4.78, 5) is 17.5. The van der Waals surface area contributed by atoms with Crippen molar-refractivity contribution in [3.05, 3.63) is 65.1 Å². The second-order valence-electron chi connectivity index (χ2n) is 6.45. The molecule has 0 saturated carbocycles. The number of aryl methyl sites for hydroxylation is 2. The molecule has 1 aliphatic heterocycles. The third-order valence-electron chi connectivity index (χ3n) is 5.13. The van der Waals surface area contributed by atoms with E-state index in [2.05, 4.69) is 30.1 Å². The Labute approximate surface area is 136 Å². The Balaban J connectivity index is 1.75. The molecule has 0 N–H and O–H groups in total. The number of rotatable bonds is 2. The van der Waals surface area contributed by atoms with Gasteiger partial charge in [-0.05, 0) is 56.4 Å². The highest BCUT2D eigenvalue weighted by Crippen LogP contribution is 2.33. The minimum atomic E-state index is 0.0422. The molecule has 3 nitrogen and oxygen atoms in total. The zero-order valence-corrected chi connectivity index (χ0v) is 13.5. The maximum atomic E-state index is 13.1. The molecule has 4 rings (SSSR count). The molecule has 1 unspecified atom stereocenters. The van der Waals surface area contributed by atoms with Crippen LogP contribution in [0.1, 0.15) is 33.7 Å². The van der Waals surface area contributed by atoms with Crippen LogP contribution in [0.2, 0.25) is 0 Å². The van der Waals surface area contributed by atoms with E-state index in [1.54, 1.807) is 0 Å². The molecule has 1 aliphatic rings. The number of hydrogen-bond acceptors (Lipinski definition) is 2. The van der Waals surface area contributed by atoms with E-state index in [1.807, 2.05) is 35.9 Å². The van der Waals surface area contributed by atoms with Crippen molar-refractivity contribution in [2.24, 2.45) is 5.92 Å². The fraction of sp³-hybridized carbons (Fsp3) is 0.300. The Morgan fingerprint density at radius 2 is 2.00 bits per heavy atom. The first-order valence-corrected chi connectivity index (χ1v) is 8.20. The number of aromatic nitrogens is 2. The quantitative estimate of drug-likeness (QED) is 0.714. The summed E-state index contributed by atoms with van der Waals surface area (Å²) in [6.45, 7) is 4.15. The van der Waals surface area contributed by atoms with Gasteiger partial charge in [0.15, 0.2) is 0 Å². The first-order chi connectivity index (χ1) is 11.2. The molecule has 0 saturated heterocycles. The predicted octanol–water partition coefficient (Wildman–Crippen LogP) is 4.10. The number of nitrogens with zero attached hydrogens (tertiary/aromatic N) is 2. The van der Waals surface area contributed by atoms with Gasteiger partial charge in [-0.2, -0.15) is 0 Å². The lowest BCUT2D eigenvalue weighted by Gasteiger charge is -2.24. The van der Waals surface area contributed by atoms with Gasteiger partial charge in [0.2, 0.25) is 5.91 Å². The van der Waals surface area contributed by atoms with Crippen LogP contribution in [0.15, 0.2) is 42.6 Å². The molecule has 0 amide bonds. The molecule has 116 valence electrons. The number of carbonyl (C=O) groups excluding carboxylic acids is 1. The normalized spacial score (nSPS) is 17.5. The standard InChI is InChI=1S/C20H20N2O/c1-13-17-7-3-4-8-19(17)22-18(13)10-9-16(20(22)23)12-15-6-5-11-21-14(15)2/h3-8,11,16H,9-10,12H2,1-2H3. The fourth-order valence-electron chi connectivity index (χ4n) is 3.81. The van der Waals surface area contributed by atoms with Crippen molar-refractivity contribution in [2.45, 2.75) is 33.1 Å². The van der Waals surface area contributed by atoms with Gasteiger partial charge in [-0.25, -0.2) is 0 Å². The van der Waals surface area contributed by atoms with Crippen LogP contribution in [-0.2, 0) is 12.8 Å². The molecule has 0 radical (unpaired) electrons. The lowest BCUT2D eigenvalue weighted by Crippen LogP contribution is -2.30. The van der Waals surface area contributed by atoms with Gasteiger partial charge in [-0.1, -0.05) is 24.3 Å². The summed E-state index contributed by atoms with van der Waals surface area (Å²) in [5.41, 5.74) is 5.71. The van der Waals surface area contributed by atoms with E-state index >= 15 is 0 Å². The average Bonchev–Trinajstić information content (AvgIpc) is 2.86. The van der Waals surface area contributed by atoms with Crippen LogP contribution in [0, 0.1) is 19.8 Å². The Bertz CT molecular complexity index is 907. The highest BCUT2D eigenvalue weighted by molar-refractivity contribution is 5.97. The van der Waals surface area contributed by atoms with Crippen molar-refractivity contribution < 1.29 is 4.79 Å². The zero-order valence-electron chi connectivity index (χ0n) is 13.5. The Morgan fingerprint density at radius 3 is 2.83 bits per heavy atom. The van der Waals surface area contributed by atoms with Crippen LogP contribution in [0.5, 0.6) is 0 Å².